The molecule has 0 saturated carbocycles. The quantitative estimate of drug-likeness (QED) is 0.296. The van der Waals surface area contributed by atoms with Crippen molar-refractivity contribution in [3.05, 3.63) is 102 Å². The summed E-state index contributed by atoms with van der Waals surface area (Å²) in [5.74, 6) is 0.475. The molecule has 4 aromatic carbocycles. The number of rotatable bonds is 6. The van der Waals surface area contributed by atoms with Crippen molar-refractivity contribution in [3.63, 3.8) is 0 Å². The van der Waals surface area contributed by atoms with E-state index in [9.17, 15) is 4.79 Å². The number of thiazole rings is 1. The van der Waals surface area contributed by atoms with Crippen LogP contribution in [-0.4, -0.2) is 17.5 Å². The lowest BCUT2D eigenvalue weighted by atomic mass is 10.0. The van der Waals surface area contributed by atoms with Crippen LogP contribution in [0.3, 0.4) is 0 Å². The number of benzene rings is 4. The number of hydrogen-bond acceptors (Lipinski definition) is 4. The highest BCUT2D eigenvalue weighted by Gasteiger charge is 2.26. The smallest absolute Gasteiger partial charge is 0.264 e. The van der Waals surface area contributed by atoms with Crippen LogP contribution in [0.25, 0.3) is 21.0 Å². The zero-order chi connectivity index (χ0) is 21.9. The SMILES string of the molecule is CCOc1ccc2ccccc2c1C(=O)N(Cc1ccccc1)c1nc2ccccc2s1. The molecule has 32 heavy (non-hydrogen) atoms. The molecule has 0 unspecified atom stereocenters. The maximum absolute atomic E-state index is 14.1. The molecule has 0 spiro atoms. The van der Waals surface area contributed by atoms with Gasteiger partial charge in [0.25, 0.3) is 5.91 Å². The molecule has 0 aliphatic rings. The Morgan fingerprint density at radius 3 is 2.47 bits per heavy atom. The molecular formula is C27H22N2O2S. The van der Waals surface area contributed by atoms with E-state index < -0.39 is 0 Å². The van der Waals surface area contributed by atoms with Gasteiger partial charge in [-0.3, -0.25) is 9.69 Å². The molecule has 4 nitrogen and oxygen atoms in total. The lowest BCUT2D eigenvalue weighted by Gasteiger charge is -2.22. The predicted molar refractivity (Wildman–Crippen MR) is 132 cm³/mol. The first-order valence-electron chi connectivity index (χ1n) is 10.6. The molecule has 5 heteroatoms. The first-order chi connectivity index (χ1) is 15.7. The van der Waals surface area contributed by atoms with Crippen LogP contribution in [0.4, 0.5) is 5.13 Å². The zero-order valence-corrected chi connectivity index (χ0v) is 18.5. The second-order valence-electron chi connectivity index (χ2n) is 7.43. The normalized spacial score (nSPS) is 11.0. The van der Waals surface area contributed by atoms with Crippen molar-refractivity contribution in [2.45, 2.75) is 13.5 Å². The highest BCUT2D eigenvalue weighted by Crippen LogP contribution is 2.35. The van der Waals surface area contributed by atoms with Crippen molar-refractivity contribution >= 4 is 43.4 Å². The molecule has 1 heterocycles. The molecule has 1 amide bonds. The van der Waals surface area contributed by atoms with Gasteiger partial charge in [-0.1, -0.05) is 84.1 Å². The van der Waals surface area contributed by atoms with E-state index in [0.29, 0.717) is 29.6 Å². The van der Waals surface area contributed by atoms with Crippen molar-refractivity contribution in [2.24, 2.45) is 0 Å². The molecule has 158 valence electrons. The van der Waals surface area contributed by atoms with Crippen LogP contribution in [0.5, 0.6) is 5.75 Å². The maximum Gasteiger partial charge on any atom is 0.264 e. The molecule has 1 aromatic heterocycles. The van der Waals surface area contributed by atoms with Crippen molar-refractivity contribution in [2.75, 3.05) is 11.5 Å². The van der Waals surface area contributed by atoms with Crippen molar-refractivity contribution in [1.29, 1.82) is 0 Å². The van der Waals surface area contributed by atoms with E-state index in [1.54, 1.807) is 4.90 Å². The number of aromatic nitrogens is 1. The fourth-order valence-corrected chi connectivity index (χ4v) is 4.81. The summed E-state index contributed by atoms with van der Waals surface area (Å²) in [4.78, 5) is 20.7. The summed E-state index contributed by atoms with van der Waals surface area (Å²) in [6.07, 6.45) is 0. The van der Waals surface area contributed by atoms with E-state index >= 15 is 0 Å². The molecule has 0 bridgehead atoms. The Hall–Kier alpha value is -3.70. The standard InChI is InChI=1S/C27H22N2O2S/c1-2-31-23-17-16-20-12-6-7-13-21(20)25(23)26(30)29(18-19-10-4-3-5-11-19)27-28-22-14-8-9-15-24(22)32-27/h3-17H,2,18H2,1H3. The van der Waals surface area contributed by atoms with Gasteiger partial charge in [-0.2, -0.15) is 0 Å². The number of nitrogens with zero attached hydrogens (tertiary/aromatic N) is 2. The minimum absolute atomic E-state index is 0.117. The molecule has 5 rings (SSSR count). The van der Waals surface area contributed by atoms with Crippen LogP contribution in [0.1, 0.15) is 22.8 Å². The maximum atomic E-state index is 14.1. The van der Waals surface area contributed by atoms with E-state index in [-0.39, 0.29) is 5.91 Å². The largest absolute Gasteiger partial charge is 0.493 e. The van der Waals surface area contributed by atoms with Crippen molar-refractivity contribution in [3.8, 4) is 5.75 Å². The molecule has 0 aliphatic carbocycles. The molecule has 0 N–H and O–H groups in total. The molecular weight excluding hydrogens is 416 g/mol. The third-order valence-electron chi connectivity index (χ3n) is 5.35. The number of carbonyl (C=O) groups excluding carboxylic acids is 1. The van der Waals surface area contributed by atoms with Gasteiger partial charge in [0.2, 0.25) is 0 Å². The third kappa shape index (κ3) is 3.83. The fourth-order valence-electron chi connectivity index (χ4n) is 3.85. The monoisotopic (exact) mass is 438 g/mol. The van der Waals surface area contributed by atoms with Crippen LogP contribution >= 0.6 is 11.3 Å². The minimum atomic E-state index is -0.117. The van der Waals surface area contributed by atoms with Crippen LogP contribution in [0, 0.1) is 0 Å². The van der Waals surface area contributed by atoms with Gasteiger partial charge in [-0.15, -0.1) is 0 Å². The van der Waals surface area contributed by atoms with E-state index in [2.05, 4.69) is 0 Å². The van der Waals surface area contributed by atoms with Gasteiger partial charge in [-0.25, -0.2) is 4.98 Å². The van der Waals surface area contributed by atoms with E-state index in [0.717, 1.165) is 26.6 Å². The van der Waals surface area contributed by atoms with E-state index in [4.69, 9.17) is 9.72 Å². The summed E-state index contributed by atoms with van der Waals surface area (Å²) in [6.45, 7) is 2.84. The van der Waals surface area contributed by atoms with Crippen LogP contribution < -0.4 is 9.64 Å². The molecule has 0 saturated heterocycles. The third-order valence-corrected chi connectivity index (χ3v) is 6.41. The van der Waals surface area contributed by atoms with Crippen molar-refractivity contribution < 1.29 is 9.53 Å². The fraction of sp³-hybridized carbons (Fsp3) is 0.111. The molecule has 0 atom stereocenters. The number of para-hydroxylation sites is 1. The summed E-state index contributed by atoms with van der Waals surface area (Å²) in [7, 11) is 0. The Balaban J connectivity index is 1.67. The summed E-state index contributed by atoms with van der Waals surface area (Å²) in [5, 5.41) is 2.56. The summed E-state index contributed by atoms with van der Waals surface area (Å²) in [6, 6.07) is 29.8. The average Bonchev–Trinajstić information content (AvgIpc) is 3.27. The average molecular weight is 439 g/mol. The first-order valence-corrected chi connectivity index (χ1v) is 11.4. The van der Waals surface area contributed by atoms with Gasteiger partial charge < -0.3 is 4.74 Å². The van der Waals surface area contributed by atoms with Crippen LogP contribution in [0.15, 0.2) is 91.0 Å². The predicted octanol–water partition coefficient (Wildman–Crippen LogP) is 6.70. The summed E-state index contributed by atoms with van der Waals surface area (Å²) < 4.78 is 6.95. The minimum Gasteiger partial charge on any atom is -0.493 e. The lowest BCUT2D eigenvalue weighted by Crippen LogP contribution is -2.31. The van der Waals surface area contributed by atoms with Gasteiger partial charge in [0.05, 0.1) is 28.9 Å². The topological polar surface area (TPSA) is 42.4 Å². The highest BCUT2D eigenvalue weighted by atomic mass is 32.1. The van der Waals surface area contributed by atoms with Crippen LogP contribution in [-0.2, 0) is 6.54 Å². The number of fused-ring (bicyclic) bond motifs is 2. The molecule has 5 aromatic rings. The number of anilines is 1. The van der Waals surface area contributed by atoms with E-state index in [1.165, 1.54) is 11.3 Å². The Kier molecular flexibility index (Phi) is 5.57. The Morgan fingerprint density at radius 2 is 1.66 bits per heavy atom. The highest BCUT2D eigenvalue weighted by molar-refractivity contribution is 7.22. The first kappa shape index (κ1) is 20.2. The number of amides is 1. The van der Waals surface area contributed by atoms with Crippen molar-refractivity contribution in [1.82, 2.24) is 4.98 Å². The Morgan fingerprint density at radius 1 is 0.906 bits per heavy atom. The second-order valence-corrected chi connectivity index (χ2v) is 8.44. The Labute approximate surface area is 190 Å². The number of hydrogen-bond donors (Lipinski definition) is 0. The van der Waals surface area contributed by atoms with Gasteiger partial charge in [-0.05, 0) is 41.5 Å². The second kappa shape index (κ2) is 8.81. The van der Waals surface area contributed by atoms with E-state index in [1.807, 2.05) is 97.9 Å². The zero-order valence-electron chi connectivity index (χ0n) is 17.7. The summed E-state index contributed by atoms with van der Waals surface area (Å²) >= 11 is 1.53. The van der Waals surface area contributed by atoms with Gasteiger partial charge >= 0.3 is 0 Å². The molecule has 0 aliphatic heterocycles. The van der Waals surface area contributed by atoms with Gasteiger partial charge in [0.15, 0.2) is 5.13 Å². The number of ether oxygens (including phenoxy) is 1. The van der Waals surface area contributed by atoms with Crippen LogP contribution in [0.2, 0.25) is 0 Å². The Bertz CT molecular complexity index is 1360. The molecule has 0 fully saturated rings. The van der Waals surface area contributed by atoms with Gasteiger partial charge in [0, 0.05) is 0 Å². The number of carbonyl (C=O) groups is 1. The summed E-state index contributed by atoms with van der Waals surface area (Å²) in [5.41, 5.74) is 2.50. The lowest BCUT2D eigenvalue weighted by molar-refractivity contribution is 0.0983. The molecule has 0 radical (unpaired) electrons. The van der Waals surface area contributed by atoms with Gasteiger partial charge in [0.1, 0.15) is 5.75 Å².